The summed E-state index contributed by atoms with van der Waals surface area (Å²) in [6.45, 7) is 4.04. The number of phosphoric ester groups is 2. The minimum atomic E-state index is -5.83. The number of benzene rings is 2. The second-order valence-corrected chi connectivity index (χ2v) is 19.9. The maximum absolute atomic E-state index is 13.9. The standard InChI is InChI=1S/C42H59N2O19P3.2H3N/c1-4-6-8-9-10-11-12-13-14-15-27-55-42(48)61-36-22-18-34(19-23-36)30-58-66(53,57-29-33-16-20-35(21-17-33)60-41(47)54-26-7-5-2)63-65(51,52)62-64(49,50)56-31-37-24-25-38(59-37)44-28-32(3)39(45)43-40(44)46;;/h16-25,28,37-38H,4-15,26-27,29-31H2,1-3H3,(H,49,50)(H,51,52)(H,43,45,46);2*1H3/t37-,38+,66?;;/m0../s1. The van der Waals surface area contributed by atoms with Crippen LogP contribution in [0.5, 0.6) is 11.5 Å². The van der Waals surface area contributed by atoms with Gasteiger partial charge in [-0.3, -0.25) is 27.9 Å². The summed E-state index contributed by atoms with van der Waals surface area (Å²) >= 11 is 0. The predicted molar refractivity (Wildman–Crippen MR) is 248 cm³/mol. The number of hydrogen-bond donors (Lipinski definition) is 5. The van der Waals surface area contributed by atoms with E-state index in [4.69, 9.17) is 41.6 Å². The van der Waals surface area contributed by atoms with Crippen LogP contribution in [0.3, 0.4) is 0 Å². The Morgan fingerprint density at radius 3 is 1.66 bits per heavy atom. The van der Waals surface area contributed by atoms with Gasteiger partial charge in [0.1, 0.15) is 17.6 Å². The first-order valence-electron chi connectivity index (χ1n) is 21.6. The summed E-state index contributed by atoms with van der Waals surface area (Å²) in [6.07, 6.45) is 12.9. The first kappa shape index (κ1) is 59.8. The second kappa shape index (κ2) is 30.3. The lowest BCUT2D eigenvalue weighted by Gasteiger charge is -2.22. The number of nitrogens with one attached hydrogen (secondary N) is 1. The van der Waals surface area contributed by atoms with Gasteiger partial charge >= 0.3 is 41.5 Å². The Hall–Kier alpha value is -4.31. The molecule has 68 heavy (non-hydrogen) atoms. The number of aryl methyl sites for hydroxylation is 1. The number of H-pyrrole nitrogens is 1. The van der Waals surface area contributed by atoms with Crippen molar-refractivity contribution in [2.75, 3.05) is 19.8 Å². The molecule has 1 aliphatic rings. The van der Waals surface area contributed by atoms with Crippen LogP contribution in [0.25, 0.3) is 0 Å². The molecule has 0 aliphatic carbocycles. The van der Waals surface area contributed by atoms with Gasteiger partial charge in [-0.15, -0.1) is 0 Å². The van der Waals surface area contributed by atoms with Crippen LogP contribution in [0.15, 0.2) is 76.5 Å². The van der Waals surface area contributed by atoms with Gasteiger partial charge in [-0.1, -0.05) is 108 Å². The molecule has 0 amide bonds. The third-order valence-corrected chi connectivity index (χ3v) is 14.1. The fraction of sp³-hybridized carbons (Fsp3) is 0.524. The Morgan fingerprint density at radius 1 is 0.662 bits per heavy atom. The van der Waals surface area contributed by atoms with E-state index in [0.717, 1.165) is 30.3 Å². The number of carbonyl (C=O) groups is 2. The molecule has 23 nitrogen and oxygen atoms in total. The van der Waals surface area contributed by atoms with Gasteiger partial charge in [0.15, 0.2) is 6.23 Å². The topological polar surface area (TPSA) is 343 Å². The summed E-state index contributed by atoms with van der Waals surface area (Å²) in [5.74, 6) is 0.220. The number of ether oxygens (including phenoxy) is 5. The summed E-state index contributed by atoms with van der Waals surface area (Å²) < 4.78 is 91.7. The maximum atomic E-state index is 13.9. The van der Waals surface area contributed by atoms with E-state index in [1.807, 2.05) is 6.92 Å². The van der Waals surface area contributed by atoms with Crippen molar-refractivity contribution in [2.24, 2.45) is 0 Å². The minimum absolute atomic E-state index is 0. The Bertz CT molecular complexity index is 2290. The number of aromatic nitrogens is 2. The van der Waals surface area contributed by atoms with Gasteiger partial charge in [-0.25, -0.2) is 28.1 Å². The monoisotopic (exact) mass is 1020 g/mol. The Kier molecular flexibility index (Phi) is 26.7. The molecule has 9 N–H and O–H groups in total. The van der Waals surface area contributed by atoms with Gasteiger partial charge < -0.3 is 45.8 Å². The van der Waals surface area contributed by atoms with E-state index in [0.29, 0.717) is 12.8 Å². The van der Waals surface area contributed by atoms with Gasteiger partial charge in [-0.05, 0) is 61.2 Å². The first-order chi connectivity index (χ1) is 31.5. The van der Waals surface area contributed by atoms with Crippen LogP contribution in [-0.4, -0.2) is 57.6 Å². The molecule has 4 rings (SSSR count). The number of unbranched alkanes of at least 4 members (excludes halogenated alkanes) is 10. The number of phosphoric acid groups is 3. The van der Waals surface area contributed by atoms with E-state index in [1.54, 1.807) is 0 Å². The van der Waals surface area contributed by atoms with Crippen molar-refractivity contribution >= 4 is 35.8 Å². The highest BCUT2D eigenvalue weighted by Crippen LogP contribution is 2.69. The van der Waals surface area contributed by atoms with Gasteiger partial charge in [-0.2, -0.15) is 8.62 Å². The molecule has 0 fully saturated rings. The number of hydrogen-bond acceptors (Lipinski definition) is 19. The fourth-order valence-electron chi connectivity index (χ4n) is 5.98. The average Bonchev–Trinajstić information content (AvgIpc) is 3.74. The summed E-state index contributed by atoms with van der Waals surface area (Å²) in [5, 5.41) is 0. The van der Waals surface area contributed by atoms with Crippen molar-refractivity contribution < 1.29 is 78.9 Å². The van der Waals surface area contributed by atoms with E-state index in [2.05, 4.69) is 16.2 Å². The Balaban J connectivity index is 0.00000793. The van der Waals surface area contributed by atoms with E-state index in [9.17, 15) is 42.7 Å². The van der Waals surface area contributed by atoms with Crippen LogP contribution in [-0.2, 0) is 63.3 Å². The van der Waals surface area contributed by atoms with Gasteiger partial charge in [0.2, 0.25) is 0 Å². The fourth-order valence-corrected chi connectivity index (χ4v) is 10.0. The molecule has 382 valence electrons. The van der Waals surface area contributed by atoms with E-state index >= 15 is 0 Å². The van der Waals surface area contributed by atoms with Crippen LogP contribution in [0.1, 0.15) is 114 Å². The molecule has 26 heteroatoms. The lowest BCUT2D eigenvalue weighted by atomic mass is 10.1. The van der Waals surface area contributed by atoms with Crippen LogP contribution in [0.4, 0.5) is 9.59 Å². The highest BCUT2D eigenvalue weighted by atomic mass is 31.3. The molecule has 1 aromatic heterocycles. The van der Waals surface area contributed by atoms with Gasteiger partial charge in [0.05, 0.1) is 33.0 Å². The highest BCUT2D eigenvalue weighted by Gasteiger charge is 2.44. The molecule has 0 spiro atoms. The summed E-state index contributed by atoms with van der Waals surface area (Å²) in [5.41, 5.74) is -0.600. The van der Waals surface area contributed by atoms with Gasteiger partial charge in [0, 0.05) is 11.8 Å². The van der Waals surface area contributed by atoms with E-state index in [-0.39, 0.29) is 53.7 Å². The number of rotatable bonds is 30. The molecule has 2 heterocycles. The van der Waals surface area contributed by atoms with Crippen LogP contribution in [0.2, 0.25) is 0 Å². The normalized spacial score (nSPS) is 16.8. The summed E-state index contributed by atoms with van der Waals surface area (Å²) in [6, 6.07) is 11.2. The summed E-state index contributed by atoms with van der Waals surface area (Å²) in [4.78, 5) is 71.2. The maximum Gasteiger partial charge on any atom is 0.513 e. The molecular weight excluding hydrogens is 957 g/mol. The summed E-state index contributed by atoms with van der Waals surface area (Å²) in [7, 11) is -16.5. The number of nitrogens with zero attached hydrogens (tertiary/aromatic N) is 1. The highest BCUT2D eigenvalue weighted by molar-refractivity contribution is 7.67. The van der Waals surface area contributed by atoms with Gasteiger partial charge in [0.25, 0.3) is 5.56 Å². The van der Waals surface area contributed by atoms with Crippen molar-refractivity contribution in [2.45, 2.75) is 123 Å². The zero-order valence-electron chi connectivity index (χ0n) is 38.6. The quantitative estimate of drug-likeness (QED) is 0.0136. The number of carbonyl (C=O) groups excluding carboxylic acids is 2. The molecule has 0 bridgehead atoms. The predicted octanol–water partition coefficient (Wildman–Crippen LogP) is 10.2. The Morgan fingerprint density at radius 2 is 1.15 bits per heavy atom. The van der Waals surface area contributed by atoms with E-state index in [1.165, 1.54) is 112 Å². The van der Waals surface area contributed by atoms with E-state index < -0.39 is 79.2 Å². The van der Waals surface area contributed by atoms with Crippen molar-refractivity contribution in [1.82, 2.24) is 21.9 Å². The second-order valence-electron chi connectivity index (χ2n) is 15.0. The molecule has 3 unspecified atom stereocenters. The smallest absolute Gasteiger partial charge is 0.434 e. The molecule has 0 saturated carbocycles. The molecular formula is C42H65N4O19P3. The molecule has 5 atom stereocenters. The lowest BCUT2D eigenvalue weighted by Crippen LogP contribution is -2.33. The lowest BCUT2D eigenvalue weighted by molar-refractivity contribution is -0.0105. The van der Waals surface area contributed by atoms with Crippen molar-refractivity contribution in [1.29, 1.82) is 0 Å². The minimum Gasteiger partial charge on any atom is -0.434 e. The molecule has 1 aliphatic heterocycles. The molecule has 0 radical (unpaired) electrons. The van der Waals surface area contributed by atoms with Crippen molar-refractivity contribution in [3.05, 3.63) is 104 Å². The molecule has 0 saturated heterocycles. The van der Waals surface area contributed by atoms with Crippen LogP contribution in [0, 0.1) is 6.92 Å². The zero-order chi connectivity index (χ0) is 48.0. The molecule has 2 aromatic carbocycles. The Labute approximate surface area is 394 Å². The average molecular weight is 1020 g/mol. The third-order valence-electron chi connectivity index (χ3n) is 9.50. The number of aromatic amines is 1. The molecule has 3 aromatic rings. The third kappa shape index (κ3) is 22.4. The zero-order valence-corrected chi connectivity index (χ0v) is 41.2. The largest absolute Gasteiger partial charge is 0.513 e. The first-order valence-corrected chi connectivity index (χ1v) is 26.1. The SMILES string of the molecule is CCCCCCCCCCCCOC(=O)Oc1ccc(COP(=O)(OCc2ccc(OC(=O)OCCCC)cc2)OP(=O)(O)OP(=O)(O)OC[C@@H]2C=C[C@H](n3cc(C)c(=O)[nH]c3=O)O2)cc1.N.N. The van der Waals surface area contributed by atoms with Crippen molar-refractivity contribution in [3.8, 4) is 11.5 Å². The van der Waals surface area contributed by atoms with Crippen LogP contribution >= 0.6 is 23.5 Å². The van der Waals surface area contributed by atoms with Crippen LogP contribution < -0.4 is 33.0 Å². The van der Waals surface area contributed by atoms with Crippen molar-refractivity contribution in [3.63, 3.8) is 0 Å².